The van der Waals surface area contributed by atoms with Crippen LogP contribution in [-0.4, -0.2) is 52.8 Å². The quantitative estimate of drug-likeness (QED) is 0.784. The van der Waals surface area contributed by atoms with E-state index in [4.69, 9.17) is 0 Å². The third-order valence-corrected chi connectivity index (χ3v) is 4.22. The lowest BCUT2D eigenvalue weighted by molar-refractivity contribution is 0.313. The van der Waals surface area contributed by atoms with Crippen molar-refractivity contribution in [2.75, 3.05) is 44.4 Å². The van der Waals surface area contributed by atoms with Gasteiger partial charge in [-0.05, 0) is 25.2 Å². The minimum atomic E-state index is -3.11. The number of sulfone groups is 1. The number of rotatable bonds is 2. The number of hydrogen-bond acceptors (Lipinski definition) is 4. The molecule has 94 valence electrons. The van der Waals surface area contributed by atoms with Crippen LogP contribution in [0.2, 0.25) is 0 Å². The van der Waals surface area contributed by atoms with Gasteiger partial charge < -0.3 is 9.80 Å². The molecule has 0 spiro atoms. The van der Waals surface area contributed by atoms with E-state index in [-0.39, 0.29) is 0 Å². The Bertz CT molecular complexity index is 491. The van der Waals surface area contributed by atoms with Gasteiger partial charge in [-0.25, -0.2) is 8.42 Å². The lowest BCUT2D eigenvalue weighted by Gasteiger charge is -2.34. The fraction of sp³-hybridized carbons (Fsp3) is 0.500. The second-order valence-corrected chi connectivity index (χ2v) is 6.58. The van der Waals surface area contributed by atoms with Crippen LogP contribution in [0.25, 0.3) is 0 Å². The van der Waals surface area contributed by atoms with Crippen LogP contribution in [0.1, 0.15) is 0 Å². The summed E-state index contributed by atoms with van der Waals surface area (Å²) in [7, 11) is -1.01. The largest absolute Gasteiger partial charge is 0.369 e. The van der Waals surface area contributed by atoms with Gasteiger partial charge in [0.25, 0.3) is 0 Å². The molecule has 1 fully saturated rings. The second-order valence-electron chi connectivity index (χ2n) is 4.56. The Hall–Kier alpha value is -1.07. The maximum atomic E-state index is 11.5. The molecule has 0 radical (unpaired) electrons. The number of anilines is 1. The Morgan fingerprint density at radius 1 is 1.12 bits per heavy atom. The highest BCUT2D eigenvalue weighted by molar-refractivity contribution is 7.90. The third kappa shape index (κ3) is 2.98. The van der Waals surface area contributed by atoms with Gasteiger partial charge in [-0.1, -0.05) is 6.07 Å². The van der Waals surface area contributed by atoms with E-state index >= 15 is 0 Å². The van der Waals surface area contributed by atoms with E-state index in [1.165, 1.54) is 6.26 Å². The lowest BCUT2D eigenvalue weighted by atomic mass is 10.2. The molecular weight excluding hydrogens is 236 g/mol. The highest BCUT2D eigenvalue weighted by Crippen LogP contribution is 2.20. The van der Waals surface area contributed by atoms with Gasteiger partial charge >= 0.3 is 0 Å². The van der Waals surface area contributed by atoms with Crippen molar-refractivity contribution in [3.63, 3.8) is 0 Å². The van der Waals surface area contributed by atoms with Crippen LogP contribution in [0, 0.1) is 0 Å². The smallest absolute Gasteiger partial charge is 0.175 e. The number of likely N-dealkylation sites (N-methyl/N-ethyl adjacent to an activating group) is 1. The van der Waals surface area contributed by atoms with Crippen molar-refractivity contribution in [1.82, 2.24) is 4.90 Å². The summed E-state index contributed by atoms with van der Waals surface area (Å²) in [4.78, 5) is 4.90. The van der Waals surface area contributed by atoms with Crippen molar-refractivity contribution in [2.24, 2.45) is 0 Å². The second kappa shape index (κ2) is 4.66. The van der Waals surface area contributed by atoms with Gasteiger partial charge in [0.05, 0.1) is 4.90 Å². The first-order chi connectivity index (χ1) is 7.97. The average molecular weight is 254 g/mol. The molecule has 1 aromatic carbocycles. The van der Waals surface area contributed by atoms with E-state index in [0.29, 0.717) is 4.90 Å². The zero-order valence-electron chi connectivity index (χ0n) is 10.3. The molecule has 1 saturated heterocycles. The predicted molar refractivity (Wildman–Crippen MR) is 69.3 cm³/mol. The van der Waals surface area contributed by atoms with Crippen molar-refractivity contribution in [2.45, 2.75) is 4.90 Å². The molecule has 17 heavy (non-hydrogen) atoms. The minimum absolute atomic E-state index is 0.397. The number of piperazine rings is 1. The first-order valence-corrected chi connectivity index (χ1v) is 7.59. The van der Waals surface area contributed by atoms with Gasteiger partial charge in [-0.3, -0.25) is 0 Å². The summed E-state index contributed by atoms with van der Waals surface area (Å²) in [5, 5.41) is 0. The van der Waals surface area contributed by atoms with Gasteiger partial charge in [0.1, 0.15) is 0 Å². The molecule has 0 N–H and O–H groups in total. The summed E-state index contributed by atoms with van der Waals surface area (Å²) in [5.74, 6) is 0. The minimum Gasteiger partial charge on any atom is -0.369 e. The average Bonchev–Trinajstić information content (AvgIpc) is 2.29. The first-order valence-electron chi connectivity index (χ1n) is 5.70. The van der Waals surface area contributed by atoms with Gasteiger partial charge in [-0.15, -0.1) is 0 Å². The van der Waals surface area contributed by atoms with Crippen molar-refractivity contribution >= 4 is 15.5 Å². The number of nitrogens with zero attached hydrogens (tertiary/aromatic N) is 2. The topological polar surface area (TPSA) is 40.6 Å². The number of benzene rings is 1. The van der Waals surface area contributed by atoms with Crippen LogP contribution in [0.4, 0.5) is 5.69 Å². The van der Waals surface area contributed by atoms with Gasteiger partial charge in [-0.2, -0.15) is 0 Å². The van der Waals surface area contributed by atoms with E-state index in [1.807, 2.05) is 12.1 Å². The highest BCUT2D eigenvalue weighted by atomic mass is 32.2. The monoisotopic (exact) mass is 254 g/mol. The van der Waals surface area contributed by atoms with Crippen molar-refractivity contribution < 1.29 is 8.42 Å². The molecule has 1 aliphatic heterocycles. The molecule has 2 rings (SSSR count). The molecule has 4 nitrogen and oxygen atoms in total. The van der Waals surface area contributed by atoms with Gasteiger partial charge in [0.15, 0.2) is 9.84 Å². The summed E-state index contributed by atoms with van der Waals surface area (Å²) in [5.41, 5.74) is 1.00. The Morgan fingerprint density at radius 2 is 1.76 bits per heavy atom. The van der Waals surface area contributed by atoms with Crippen molar-refractivity contribution in [1.29, 1.82) is 0 Å². The maximum absolute atomic E-state index is 11.5. The van der Waals surface area contributed by atoms with E-state index in [9.17, 15) is 8.42 Å². The summed E-state index contributed by atoms with van der Waals surface area (Å²) in [6.45, 7) is 3.93. The van der Waals surface area contributed by atoms with Crippen molar-refractivity contribution in [3.05, 3.63) is 24.3 Å². The third-order valence-electron chi connectivity index (χ3n) is 3.11. The molecule has 0 bridgehead atoms. The summed E-state index contributed by atoms with van der Waals surface area (Å²) < 4.78 is 23.0. The Balaban J connectivity index is 2.22. The normalized spacial score (nSPS) is 18.4. The molecule has 1 heterocycles. The highest BCUT2D eigenvalue weighted by Gasteiger charge is 2.15. The lowest BCUT2D eigenvalue weighted by Crippen LogP contribution is -2.44. The standard InChI is InChI=1S/C12H18N2O2S/c1-13-6-8-14(9-7-13)11-4-3-5-12(10-11)17(2,15)16/h3-5,10H,6-9H2,1-2H3. The Kier molecular flexibility index (Phi) is 3.40. The Labute approximate surface area is 103 Å². The molecule has 1 aliphatic rings. The number of hydrogen-bond donors (Lipinski definition) is 0. The molecule has 1 aromatic rings. The summed E-state index contributed by atoms with van der Waals surface area (Å²) in [6.07, 6.45) is 1.25. The molecule has 0 amide bonds. The Morgan fingerprint density at radius 3 is 2.35 bits per heavy atom. The molecule has 0 saturated carbocycles. The van der Waals surface area contributed by atoms with E-state index in [2.05, 4.69) is 16.8 Å². The zero-order valence-corrected chi connectivity index (χ0v) is 11.1. The maximum Gasteiger partial charge on any atom is 0.175 e. The zero-order chi connectivity index (χ0) is 12.5. The predicted octanol–water partition coefficient (Wildman–Crippen LogP) is 0.842. The summed E-state index contributed by atoms with van der Waals surface area (Å²) in [6, 6.07) is 7.19. The fourth-order valence-electron chi connectivity index (χ4n) is 1.98. The first kappa shape index (κ1) is 12.4. The molecule has 0 aliphatic carbocycles. The van der Waals surface area contributed by atoms with E-state index in [0.717, 1.165) is 31.9 Å². The van der Waals surface area contributed by atoms with Crippen LogP contribution < -0.4 is 4.90 Å². The van der Waals surface area contributed by atoms with E-state index < -0.39 is 9.84 Å². The van der Waals surface area contributed by atoms with Crippen LogP contribution in [-0.2, 0) is 9.84 Å². The van der Waals surface area contributed by atoms with Crippen molar-refractivity contribution in [3.8, 4) is 0 Å². The van der Waals surface area contributed by atoms with Crippen LogP contribution in [0.5, 0.6) is 0 Å². The summed E-state index contributed by atoms with van der Waals surface area (Å²) >= 11 is 0. The molecule has 0 atom stereocenters. The van der Waals surface area contributed by atoms with E-state index in [1.54, 1.807) is 12.1 Å². The fourth-order valence-corrected chi connectivity index (χ4v) is 2.64. The van der Waals surface area contributed by atoms with Gasteiger partial charge in [0, 0.05) is 38.1 Å². The SMILES string of the molecule is CN1CCN(c2cccc(S(C)(=O)=O)c2)CC1. The molecular formula is C12H18N2O2S. The van der Waals surface area contributed by atoms with Crippen LogP contribution in [0.3, 0.4) is 0 Å². The van der Waals surface area contributed by atoms with Crippen LogP contribution in [0.15, 0.2) is 29.2 Å². The molecule has 5 heteroatoms. The van der Waals surface area contributed by atoms with Gasteiger partial charge in [0.2, 0.25) is 0 Å². The molecule has 0 unspecified atom stereocenters. The molecule has 0 aromatic heterocycles. The van der Waals surface area contributed by atoms with Crippen LogP contribution >= 0.6 is 0 Å².